The van der Waals surface area contributed by atoms with Crippen LogP contribution in [0.15, 0.2) is 42.5 Å². The van der Waals surface area contributed by atoms with Crippen LogP contribution in [0.1, 0.15) is 11.3 Å². The van der Waals surface area contributed by atoms with Crippen molar-refractivity contribution < 1.29 is 9.90 Å². The monoisotopic (exact) mass is 389 g/mol. The molecular weight excluding hydrogens is 373 g/mol. The predicted molar refractivity (Wildman–Crippen MR) is 104 cm³/mol. The van der Waals surface area contributed by atoms with Crippen LogP contribution in [-0.4, -0.2) is 33.7 Å². The summed E-state index contributed by atoms with van der Waals surface area (Å²) in [7, 11) is 0. The first kappa shape index (κ1) is 17.2. The molecule has 0 bridgehead atoms. The topological polar surface area (TPSA) is 68.4 Å². The lowest BCUT2D eigenvalue weighted by atomic mass is 9.97. The highest BCUT2D eigenvalue weighted by molar-refractivity contribution is 6.42. The second-order valence-electron chi connectivity index (χ2n) is 6.36. The van der Waals surface area contributed by atoms with Crippen LogP contribution in [0.4, 0.5) is 10.5 Å². The number of hydrogen-bond acceptors (Lipinski definition) is 2. The van der Waals surface area contributed by atoms with Gasteiger partial charge < -0.3 is 20.3 Å². The fraction of sp³-hybridized carbons (Fsp3) is 0.211. The van der Waals surface area contributed by atoms with Gasteiger partial charge in [0.05, 0.1) is 29.2 Å². The van der Waals surface area contributed by atoms with Gasteiger partial charge in [0.1, 0.15) is 0 Å². The van der Waals surface area contributed by atoms with Crippen molar-refractivity contribution in [2.75, 3.05) is 11.9 Å². The Kier molecular flexibility index (Phi) is 4.53. The molecule has 5 nitrogen and oxygen atoms in total. The highest BCUT2D eigenvalue weighted by Gasteiger charge is 2.31. The molecule has 2 amide bonds. The molecule has 0 fully saturated rings. The van der Waals surface area contributed by atoms with Crippen molar-refractivity contribution in [3.8, 4) is 0 Å². The molecule has 7 heteroatoms. The zero-order valence-corrected chi connectivity index (χ0v) is 15.3. The molecule has 0 radical (unpaired) electrons. The molecule has 0 spiro atoms. The lowest BCUT2D eigenvalue weighted by molar-refractivity contribution is 0.129. The van der Waals surface area contributed by atoms with Gasteiger partial charge in [0, 0.05) is 22.3 Å². The Morgan fingerprint density at radius 1 is 1.23 bits per heavy atom. The van der Waals surface area contributed by atoms with Crippen LogP contribution in [-0.2, 0) is 13.0 Å². The number of H-pyrrole nitrogens is 1. The Labute approximate surface area is 160 Å². The lowest BCUT2D eigenvalue weighted by Gasteiger charge is -2.34. The molecule has 3 aromatic rings. The predicted octanol–water partition coefficient (Wildman–Crippen LogP) is 4.43. The minimum atomic E-state index is -0.288. The molecule has 26 heavy (non-hydrogen) atoms. The van der Waals surface area contributed by atoms with Gasteiger partial charge in [-0.15, -0.1) is 0 Å². The van der Waals surface area contributed by atoms with E-state index < -0.39 is 0 Å². The van der Waals surface area contributed by atoms with Crippen LogP contribution < -0.4 is 5.32 Å². The minimum absolute atomic E-state index is 0.103. The first-order valence-electron chi connectivity index (χ1n) is 8.29. The SMILES string of the molecule is O=C(Nc1ccc(Cl)c(Cl)c1)N1Cc2[nH]c3ccccc3c2CC1CO. The third-order valence-electron chi connectivity index (χ3n) is 4.75. The van der Waals surface area contributed by atoms with Gasteiger partial charge in [0.15, 0.2) is 0 Å². The molecule has 0 aliphatic carbocycles. The number of aliphatic hydroxyl groups excluding tert-OH is 1. The summed E-state index contributed by atoms with van der Waals surface area (Å²) in [5.41, 5.74) is 3.77. The Hall–Kier alpha value is -2.21. The minimum Gasteiger partial charge on any atom is -0.394 e. The highest BCUT2D eigenvalue weighted by atomic mass is 35.5. The first-order chi connectivity index (χ1) is 12.6. The average Bonchev–Trinajstić information content (AvgIpc) is 3.01. The summed E-state index contributed by atoms with van der Waals surface area (Å²) in [5, 5.41) is 14.6. The van der Waals surface area contributed by atoms with E-state index in [0.29, 0.717) is 28.7 Å². The van der Waals surface area contributed by atoms with E-state index in [1.54, 1.807) is 23.1 Å². The molecule has 1 aromatic heterocycles. The smallest absolute Gasteiger partial charge is 0.322 e. The van der Waals surface area contributed by atoms with Crippen LogP contribution in [0.3, 0.4) is 0 Å². The number of aliphatic hydroxyl groups is 1. The molecular formula is C19H17Cl2N3O2. The normalized spacial score (nSPS) is 16.6. The van der Waals surface area contributed by atoms with E-state index in [2.05, 4.69) is 16.4 Å². The van der Waals surface area contributed by atoms with Gasteiger partial charge in [-0.05, 0) is 36.2 Å². The number of hydrogen-bond donors (Lipinski definition) is 3. The zero-order valence-electron chi connectivity index (χ0n) is 13.8. The van der Waals surface area contributed by atoms with Crippen molar-refractivity contribution in [1.82, 2.24) is 9.88 Å². The maximum absolute atomic E-state index is 12.8. The standard InChI is InChI=1S/C19H17Cl2N3O2/c20-15-6-5-11(7-16(15)21)22-19(26)24-9-18-14(8-12(24)10-25)13-3-1-2-4-17(13)23-18/h1-7,12,23,25H,8-10H2,(H,22,26). The van der Waals surface area contributed by atoms with Crippen molar-refractivity contribution in [1.29, 1.82) is 0 Å². The van der Waals surface area contributed by atoms with E-state index in [4.69, 9.17) is 23.2 Å². The molecule has 2 heterocycles. The summed E-state index contributed by atoms with van der Waals surface area (Å²) in [6.45, 7) is 0.302. The van der Waals surface area contributed by atoms with Crippen molar-refractivity contribution in [2.45, 2.75) is 19.0 Å². The fourth-order valence-electron chi connectivity index (χ4n) is 3.44. The Bertz CT molecular complexity index is 986. The summed E-state index contributed by atoms with van der Waals surface area (Å²) in [4.78, 5) is 17.8. The molecule has 134 valence electrons. The van der Waals surface area contributed by atoms with Gasteiger partial charge in [0.25, 0.3) is 0 Å². The maximum Gasteiger partial charge on any atom is 0.322 e. The number of anilines is 1. The van der Waals surface area contributed by atoms with Crippen molar-refractivity contribution in [3.05, 3.63) is 63.8 Å². The van der Waals surface area contributed by atoms with Gasteiger partial charge in [0.2, 0.25) is 0 Å². The molecule has 0 saturated carbocycles. The van der Waals surface area contributed by atoms with E-state index in [-0.39, 0.29) is 18.7 Å². The second kappa shape index (κ2) is 6.83. The van der Waals surface area contributed by atoms with Crippen LogP contribution in [0.2, 0.25) is 10.0 Å². The van der Waals surface area contributed by atoms with Crippen LogP contribution in [0.25, 0.3) is 10.9 Å². The molecule has 1 aliphatic rings. The van der Waals surface area contributed by atoms with E-state index in [0.717, 1.165) is 16.6 Å². The second-order valence-corrected chi connectivity index (χ2v) is 7.17. The number of urea groups is 1. The summed E-state index contributed by atoms with van der Waals surface area (Å²) >= 11 is 11.9. The zero-order chi connectivity index (χ0) is 18.3. The maximum atomic E-state index is 12.8. The van der Waals surface area contributed by atoms with E-state index in [1.807, 2.05) is 18.2 Å². The van der Waals surface area contributed by atoms with Crippen molar-refractivity contribution in [3.63, 3.8) is 0 Å². The van der Waals surface area contributed by atoms with Crippen LogP contribution in [0, 0.1) is 0 Å². The number of nitrogens with one attached hydrogen (secondary N) is 2. The third kappa shape index (κ3) is 3.03. The summed E-state index contributed by atoms with van der Waals surface area (Å²) in [6, 6.07) is 12.4. The Morgan fingerprint density at radius 3 is 2.81 bits per heavy atom. The Balaban J connectivity index is 1.61. The van der Waals surface area contributed by atoms with Gasteiger partial charge in [-0.25, -0.2) is 4.79 Å². The summed E-state index contributed by atoms with van der Waals surface area (Å²) in [5.74, 6) is 0. The summed E-state index contributed by atoms with van der Waals surface area (Å²) < 4.78 is 0. The lowest BCUT2D eigenvalue weighted by Crippen LogP contribution is -2.48. The number of amides is 2. The number of aromatic amines is 1. The largest absolute Gasteiger partial charge is 0.394 e. The molecule has 1 atom stereocenters. The molecule has 2 aromatic carbocycles. The van der Waals surface area contributed by atoms with Crippen LogP contribution >= 0.6 is 23.2 Å². The number of halogens is 2. The van der Waals surface area contributed by atoms with Crippen molar-refractivity contribution >= 4 is 45.8 Å². The molecule has 0 saturated heterocycles. The Morgan fingerprint density at radius 2 is 2.04 bits per heavy atom. The number of benzene rings is 2. The van der Waals surface area contributed by atoms with Gasteiger partial charge in [-0.1, -0.05) is 41.4 Å². The van der Waals surface area contributed by atoms with E-state index >= 15 is 0 Å². The van der Waals surface area contributed by atoms with Gasteiger partial charge in [-0.3, -0.25) is 0 Å². The van der Waals surface area contributed by atoms with Crippen molar-refractivity contribution in [2.24, 2.45) is 0 Å². The number of nitrogens with zero attached hydrogens (tertiary/aromatic N) is 1. The molecule has 1 unspecified atom stereocenters. The number of carbonyl (C=O) groups excluding carboxylic acids is 1. The third-order valence-corrected chi connectivity index (χ3v) is 5.49. The first-order valence-corrected chi connectivity index (χ1v) is 9.04. The van der Waals surface area contributed by atoms with Gasteiger partial charge in [-0.2, -0.15) is 0 Å². The van der Waals surface area contributed by atoms with Gasteiger partial charge >= 0.3 is 6.03 Å². The number of aromatic nitrogens is 1. The number of fused-ring (bicyclic) bond motifs is 3. The molecule has 3 N–H and O–H groups in total. The highest BCUT2D eigenvalue weighted by Crippen LogP contribution is 2.31. The molecule has 1 aliphatic heterocycles. The van der Waals surface area contributed by atoms with E-state index in [1.165, 1.54) is 5.56 Å². The van der Waals surface area contributed by atoms with E-state index in [9.17, 15) is 9.90 Å². The summed E-state index contributed by atoms with van der Waals surface area (Å²) in [6.07, 6.45) is 0.602. The number of carbonyl (C=O) groups is 1. The number of rotatable bonds is 2. The fourth-order valence-corrected chi connectivity index (χ4v) is 3.74. The van der Waals surface area contributed by atoms with Crippen LogP contribution in [0.5, 0.6) is 0 Å². The number of para-hydroxylation sites is 1. The quantitative estimate of drug-likeness (QED) is 0.606. The average molecular weight is 390 g/mol. The molecule has 4 rings (SSSR count).